The molecule has 11 nitrogen and oxygen atoms in total. The number of alkyl halides is 2. The summed E-state index contributed by atoms with van der Waals surface area (Å²) in [7, 11) is 0. The van der Waals surface area contributed by atoms with Crippen molar-refractivity contribution in [1.29, 1.82) is 0 Å². The first-order valence-corrected chi connectivity index (χ1v) is 13.0. The van der Waals surface area contributed by atoms with Gasteiger partial charge in [0.05, 0.1) is 19.4 Å². The van der Waals surface area contributed by atoms with E-state index in [1.807, 2.05) is 9.80 Å². The maximum atomic E-state index is 13.8. The van der Waals surface area contributed by atoms with E-state index in [1.165, 1.54) is 10.8 Å². The van der Waals surface area contributed by atoms with Crippen molar-refractivity contribution >= 4 is 23.6 Å². The molecule has 3 aromatic rings. The fourth-order valence-corrected chi connectivity index (χ4v) is 5.82. The molecule has 1 aliphatic carbocycles. The predicted molar refractivity (Wildman–Crippen MR) is 131 cm³/mol. The Morgan fingerprint density at radius 3 is 2.54 bits per heavy atom. The molecule has 0 bridgehead atoms. The van der Waals surface area contributed by atoms with E-state index in [0.717, 1.165) is 32.1 Å². The standard InChI is InChI=1S/C24H31F2N9O2/c25-24(26)13-34(14-24)16-8-10-33(11-9-16)20(36)18(15-5-2-1-3-6-15)28-22-30-21(27)35-23(31-22)29-19(32-35)17-7-4-12-37-17/h4,7,12,15-16,18H,1-3,5-6,8-11,13-14H2,(H3,27,28,29,30,31,32). The Morgan fingerprint density at radius 1 is 1.11 bits per heavy atom. The zero-order valence-corrected chi connectivity index (χ0v) is 20.5. The lowest BCUT2D eigenvalue weighted by Gasteiger charge is -2.47. The van der Waals surface area contributed by atoms with E-state index in [4.69, 9.17) is 10.2 Å². The molecule has 3 aromatic heterocycles. The molecule has 1 atom stereocenters. The Labute approximate surface area is 212 Å². The zero-order valence-electron chi connectivity index (χ0n) is 20.5. The van der Waals surface area contributed by atoms with Gasteiger partial charge in [0.1, 0.15) is 6.04 Å². The van der Waals surface area contributed by atoms with E-state index in [-0.39, 0.29) is 48.6 Å². The van der Waals surface area contributed by atoms with E-state index in [9.17, 15) is 13.6 Å². The monoisotopic (exact) mass is 515 g/mol. The number of hydrogen-bond donors (Lipinski definition) is 2. The third-order valence-electron chi connectivity index (χ3n) is 7.81. The average Bonchev–Trinajstić information content (AvgIpc) is 3.57. The number of nitrogens with zero attached hydrogens (tertiary/aromatic N) is 7. The van der Waals surface area contributed by atoms with E-state index in [0.29, 0.717) is 37.5 Å². The molecule has 3 N–H and O–H groups in total. The van der Waals surface area contributed by atoms with Crippen LogP contribution in [0.4, 0.5) is 20.7 Å². The number of fused-ring (bicyclic) bond motifs is 1. The van der Waals surface area contributed by atoms with Crippen molar-refractivity contribution < 1.29 is 18.0 Å². The lowest BCUT2D eigenvalue weighted by molar-refractivity contribution is -0.155. The van der Waals surface area contributed by atoms with E-state index in [2.05, 4.69) is 25.4 Å². The van der Waals surface area contributed by atoms with Gasteiger partial charge >= 0.3 is 0 Å². The topological polar surface area (TPSA) is 131 Å². The molecule has 13 heteroatoms. The van der Waals surface area contributed by atoms with Gasteiger partial charge in [0.25, 0.3) is 11.7 Å². The van der Waals surface area contributed by atoms with Crippen LogP contribution in [0.15, 0.2) is 22.8 Å². The van der Waals surface area contributed by atoms with E-state index >= 15 is 0 Å². The number of hydrogen-bond acceptors (Lipinski definition) is 9. The Morgan fingerprint density at radius 2 is 1.86 bits per heavy atom. The molecule has 198 valence electrons. The van der Waals surface area contributed by atoms with Gasteiger partial charge in [-0.05, 0) is 43.7 Å². The highest BCUT2D eigenvalue weighted by molar-refractivity contribution is 5.85. The van der Waals surface area contributed by atoms with Crippen molar-refractivity contribution in [2.45, 2.75) is 63.0 Å². The highest BCUT2D eigenvalue weighted by atomic mass is 19.3. The molecule has 5 heterocycles. The van der Waals surface area contributed by atoms with E-state index < -0.39 is 12.0 Å². The Kier molecular flexibility index (Phi) is 6.17. The third kappa shape index (κ3) is 4.83. The summed E-state index contributed by atoms with van der Waals surface area (Å²) in [4.78, 5) is 30.7. The molecule has 2 saturated heterocycles. The fourth-order valence-electron chi connectivity index (χ4n) is 5.82. The summed E-state index contributed by atoms with van der Waals surface area (Å²) in [5, 5.41) is 7.61. The van der Waals surface area contributed by atoms with Crippen LogP contribution in [-0.4, -0.2) is 84.5 Å². The van der Waals surface area contributed by atoms with Crippen molar-refractivity contribution in [2.24, 2.45) is 5.92 Å². The van der Waals surface area contributed by atoms with Gasteiger partial charge in [-0.2, -0.15) is 19.5 Å². The lowest BCUT2D eigenvalue weighted by Crippen LogP contribution is -2.62. The fraction of sp³-hybridized carbons (Fsp3) is 0.625. The molecule has 0 radical (unpaired) electrons. The van der Waals surface area contributed by atoms with Gasteiger partial charge in [-0.15, -0.1) is 5.10 Å². The second-order valence-corrected chi connectivity index (χ2v) is 10.4. The average molecular weight is 516 g/mol. The second-order valence-electron chi connectivity index (χ2n) is 10.4. The van der Waals surface area contributed by atoms with Crippen molar-refractivity contribution in [3.05, 3.63) is 18.4 Å². The number of nitrogens with one attached hydrogen (secondary N) is 1. The first kappa shape index (κ1) is 24.0. The van der Waals surface area contributed by atoms with Crippen LogP contribution in [0.25, 0.3) is 17.4 Å². The maximum Gasteiger partial charge on any atom is 0.272 e. The molecule has 3 aliphatic rings. The van der Waals surface area contributed by atoms with Crippen molar-refractivity contribution in [3.63, 3.8) is 0 Å². The number of amides is 1. The summed E-state index contributed by atoms with van der Waals surface area (Å²) in [6.07, 6.45) is 8.11. The number of carbonyl (C=O) groups is 1. The highest BCUT2D eigenvalue weighted by Crippen LogP contribution is 2.33. The molecule has 0 aromatic carbocycles. The largest absolute Gasteiger partial charge is 0.461 e. The minimum atomic E-state index is -2.57. The molecular weight excluding hydrogens is 484 g/mol. The number of piperidine rings is 1. The number of anilines is 2. The number of carbonyl (C=O) groups excluding carboxylic acids is 1. The minimum absolute atomic E-state index is 0.000856. The molecular formula is C24H31F2N9O2. The lowest BCUT2D eigenvalue weighted by atomic mass is 9.83. The van der Waals surface area contributed by atoms with Crippen LogP contribution in [-0.2, 0) is 4.79 Å². The van der Waals surface area contributed by atoms with Crippen LogP contribution in [0, 0.1) is 5.92 Å². The summed E-state index contributed by atoms with van der Waals surface area (Å²) in [6.45, 7) is 0.747. The first-order chi connectivity index (χ1) is 17.9. The van der Waals surface area contributed by atoms with Crippen molar-refractivity contribution in [1.82, 2.24) is 34.4 Å². The summed E-state index contributed by atoms with van der Waals surface area (Å²) in [5.41, 5.74) is 6.16. The van der Waals surface area contributed by atoms with Crippen molar-refractivity contribution in [3.8, 4) is 11.6 Å². The number of aromatic nitrogens is 5. The van der Waals surface area contributed by atoms with Crippen LogP contribution in [0.1, 0.15) is 44.9 Å². The number of rotatable bonds is 6. The van der Waals surface area contributed by atoms with Gasteiger partial charge in [-0.3, -0.25) is 9.69 Å². The normalized spacial score (nSPS) is 22.2. The van der Waals surface area contributed by atoms with Gasteiger partial charge in [-0.1, -0.05) is 19.3 Å². The van der Waals surface area contributed by atoms with Gasteiger partial charge in [0, 0.05) is 19.1 Å². The van der Waals surface area contributed by atoms with Crippen molar-refractivity contribution in [2.75, 3.05) is 37.2 Å². The van der Waals surface area contributed by atoms with Crippen LogP contribution in [0.3, 0.4) is 0 Å². The Hall–Kier alpha value is -3.35. The number of nitrogens with two attached hydrogens (primary N) is 1. The van der Waals surface area contributed by atoms with Gasteiger partial charge < -0.3 is 20.4 Å². The Bertz CT molecular complexity index is 1240. The molecule has 1 saturated carbocycles. The number of nitrogen functional groups attached to an aromatic ring is 1. The summed E-state index contributed by atoms with van der Waals surface area (Å²) in [6, 6.07) is 3.09. The molecule has 0 spiro atoms. The van der Waals surface area contributed by atoms with E-state index in [1.54, 1.807) is 12.1 Å². The predicted octanol–water partition coefficient (Wildman–Crippen LogP) is 2.66. The van der Waals surface area contributed by atoms with Gasteiger partial charge in [0.2, 0.25) is 23.6 Å². The minimum Gasteiger partial charge on any atom is -0.461 e. The second kappa shape index (κ2) is 9.51. The molecule has 6 rings (SSSR count). The molecule has 1 unspecified atom stereocenters. The Balaban J connectivity index is 1.19. The number of halogens is 2. The van der Waals surface area contributed by atoms with Crippen LogP contribution in [0.2, 0.25) is 0 Å². The van der Waals surface area contributed by atoms with Gasteiger partial charge in [0.15, 0.2) is 5.76 Å². The molecule has 37 heavy (non-hydrogen) atoms. The van der Waals surface area contributed by atoms with Crippen LogP contribution in [0.5, 0.6) is 0 Å². The molecule has 2 aliphatic heterocycles. The SMILES string of the molecule is Nc1nc(NC(C(=O)N2CCC(N3CC(F)(F)C3)CC2)C2CCCCC2)nc2nc(-c3ccco3)nn12. The smallest absolute Gasteiger partial charge is 0.272 e. The summed E-state index contributed by atoms with van der Waals surface area (Å²) in [5.74, 6) is -1.03. The van der Waals surface area contributed by atoms with Crippen LogP contribution >= 0.6 is 0 Å². The zero-order chi connectivity index (χ0) is 25.6. The maximum absolute atomic E-state index is 13.8. The quantitative estimate of drug-likeness (QED) is 0.509. The summed E-state index contributed by atoms with van der Waals surface area (Å²) >= 11 is 0. The number of furan rings is 1. The van der Waals surface area contributed by atoms with Crippen LogP contribution < -0.4 is 11.1 Å². The molecule has 1 amide bonds. The molecule has 3 fully saturated rings. The summed E-state index contributed by atoms with van der Waals surface area (Å²) < 4.78 is 33.3. The third-order valence-corrected chi connectivity index (χ3v) is 7.81. The van der Waals surface area contributed by atoms with Gasteiger partial charge in [-0.25, -0.2) is 8.78 Å². The highest BCUT2D eigenvalue weighted by Gasteiger charge is 2.47. The first-order valence-electron chi connectivity index (χ1n) is 13.0. The number of likely N-dealkylation sites (tertiary alicyclic amines) is 2.